The van der Waals surface area contributed by atoms with E-state index in [9.17, 15) is 0 Å². The third kappa shape index (κ3) is 2.46. The molecule has 0 amide bonds. The topological polar surface area (TPSA) is 0 Å². The summed E-state index contributed by atoms with van der Waals surface area (Å²) in [5, 5.41) is 5.73. The van der Waals surface area contributed by atoms with E-state index in [-0.39, 0.29) is 6.84 Å². The quantitative estimate of drug-likeness (QED) is 0.353. The van der Waals surface area contributed by atoms with Gasteiger partial charge in [0.1, 0.15) is 0 Å². The minimum Gasteiger partial charge on any atom is -0.0744 e. The van der Waals surface area contributed by atoms with E-state index in [1.165, 1.54) is 32.3 Å². The number of alkyl halides is 2. The molecule has 2 atom stereocenters. The number of hydrogen-bond donors (Lipinski definition) is 0. The molecular formula is C20H18I2. The lowest BCUT2D eigenvalue weighted by Crippen LogP contribution is -2.38. The molecule has 2 aromatic rings. The van der Waals surface area contributed by atoms with E-state index >= 15 is 0 Å². The summed E-state index contributed by atoms with van der Waals surface area (Å²) in [4.78, 5) is 0. The van der Waals surface area contributed by atoms with Gasteiger partial charge in [-0.3, -0.25) is 0 Å². The summed E-state index contributed by atoms with van der Waals surface area (Å²) in [5.74, 6) is 0. The highest BCUT2D eigenvalue weighted by molar-refractivity contribution is 14.1. The minimum atomic E-state index is 0.216. The van der Waals surface area contributed by atoms with Gasteiger partial charge < -0.3 is 0 Å². The second kappa shape index (κ2) is 5.07. The predicted molar refractivity (Wildman–Crippen MR) is 114 cm³/mol. The molecule has 0 N–H and O–H groups in total. The molecule has 0 bridgehead atoms. The summed E-state index contributed by atoms with van der Waals surface area (Å²) in [6, 6.07) is 8.93. The van der Waals surface area contributed by atoms with Crippen LogP contribution in [-0.4, -0.2) is 6.84 Å². The molecular weight excluding hydrogens is 494 g/mol. The molecule has 0 heterocycles. The molecule has 0 unspecified atom stereocenters. The monoisotopic (exact) mass is 512 g/mol. The Morgan fingerprint density at radius 1 is 0.955 bits per heavy atom. The highest BCUT2D eigenvalue weighted by atomic mass is 127. The standard InChI is InChI=1S/C20H18I2/c1-19(21)9-7-15-13-5-3-4-6-14(13)17-11-20(2,22)10-8-16(17)18(15)12-19/h3-8,10,12H,9,11H2,1-2H3/t19-,20-/m0/s1. The van der Waals surface area contributed by atoms with E-state index in [1.54, 1.807) is 0 Å². The molecule has 22 heavy (non-hydrogen) atoms. The van der Waals surface area contributed by atoms with Crippen molar-refractivity contribution < 1.29 is 0 Å². The van der Waals surface area contributed by atoms with Gasteiger partial charge >= 0.3 is 0 Å². The Kier molecular flexibility index (Phi) is 3.50. The number of halogens is 2. The third-order valence-electron chi connectivity index (χ3n) is 4.72. The maximum atomic E-state index is 2.58. The average molecular weight is 512 g/mol. The zero-order valence-corrected chi connectivity index (χ0v) is 17.1. The molecule has 112 valence electrons. The number of hydrogen-bond acceptors (Lipinski definition) is 0. The van der Waals surface area contributed by atoms with Crippen LogP contribution in [0.3, 0.4) is 0 Å². The van der Waals surface area contributed by atoms with Gasteiger partial charge in [-0.25, -0.2) is 0 Å². The zero-order valence-electron chi connectivity index (χ0n) is 12.8. The van der Waals surface area contributed by atoms with Crippen molar-refractivity contribution in [3.05, 3.63) is 51.9 Å². The van der Waals surface area contributed by atoms with Crippen molar-refractivity contribution in [2.45, 2.75) is 33.5 Å². The van der Waals surface area contributed by atoms with E-state index in [0.29, 0.717) is 0 Å². The first-order valence-corrected chi connectivity index (χ1v) is 9.86. The van der Waals surface area contributed by atoms with Crippen LogP contribution in [0.15, 0.2) is 30.3 Å². The Hall–Kier alpha value is -0.360. The van der Waals surface area contributed by atoms with Crippen LogP contribution in [0.4, 0.5) is 0 Å². The van der Waals surface area contributed by atoms with Gasteiger partial charge in [-0.05, 0) is 59.0 Å². The van der Waals surface area contributed by atoms with Crippen LogP contribution in [0.1, 0.15) is 31.4 Å². The molecule has 0 fully saturated rings. The maximum Gasteiger partial charge on any atom is 0.0416 e. The predicted octanol–water partition coefficient (Wildman–Crippen LogP) is 4.76. The lowest BCUT2D eigenvalue weighted by Gasteiger charge is -2.28. The van der Waals surface area contributed by atoms with E-state index in [1.807, 2.05) is 0 Å². The van der Waals surface area contributed by atoms with Crippen LogP contribution in [0.2, 0.25) is 0 Å². The second-order valence-electron chi connectivity index (χ2n) is 6.88. The van der Waals surface area contributed by atoms with E-state index in [2.05, 4.69) is 108 Å². The van der Waals surface area contributed by atoms with Crippen molar-refractivity contribution in [2.75, 3.05) is 0 Å². The zero-order chi connectivity index (χ0) is 15.5. The molecule has 0 saturated heterocycles. The van der Waals surface area contributed by atoms with Crippen molar-refractivity contribution in [3.63, 3.8) is 0 Å². The first kappa shape index (κ1) is 15.2. The molecule has 0 aliphatic heterocycles. The molecule has 2 aliphatic carbocycles. The summed E-state index contributed by atoms with van der Waals surface area (Å²) in [7, 11) is 0. The van der Waals surface area contributed by atoms with Crippen LogP contribution in [0.25, 0.3) is 29.0 Å². The molecule has 2 heteroatoms. The SMILES string of the molecule is C[C@]1(I)C=Cc2c(c3ccccc3c3c2=C[C@@](C)(I)CC=3)C1. The lowest BCUT2D eigenvalue weighted by molar-refractivity contribution is 0.814. The Labute approximate surface area is 158 Å². The largest absolute Gasteiger partial charge is 0.0744 e. The summed E-state index contributed by atoms with van der Waals surface area (Å²) < 4.78 is 0.438. The fourth-order valence-electron chi connectivity index (χ4n) is 3.66. The van der Waals surface area contributed by atoms with Gasteiger partial charge in [0.2, 0.25) is 0 Å². The van der Waals surface area contributed by atoms with Crippen molar-refractivity contribution in [3.8, 4) is 0 Å². The normalized spacial score (nSPS) is 29.5. The van der Waals surface area contributed by atoms with E-state index < -0.39 is 0 Å². The Morgan fingerprint density at radius 2 is 1.68 bits per heavy atom. The van der Waals surface area contributed by atoms with Crippen LogP contribution < -0.4 is 10.4 Å². The van der Waals surface area contributed by atoms with Gasteiger partial charge in [-0.15, -0.1) is 0 Å². The molecule has 0 radical (unpaired) electrons. The van der Waals surface area contributed by atoms with Gasteiger partial charge in [-0.2, -0.15) is 0 Å². The Balaban J connectivity index is 2.22. The average Bonchev–Trinajstić information content (AvgIpc) is 2.45. The molecule has 0 nitrogen and oxygen atoms in total. The van der Waals surface area contributed by atoms with Crippen molar-refractivity contribution in [2.24, 2.45) is 0 Å². The molecule has 0 aromatic heterocycles. The number of benzene rings is 2. The molecule has 2 aromatic carbocycles. The molecule has 2 aliphatic rings. The lowest BCUT2D eigenvalue weighted by atomic mass is 9.83. The van der Waals surface area contributed by atoms with Gasteiger partial charge in [0, 0.05) is 6.84 Å². The smallest absolute Gasteiger partial charge is 0.0416 e. The molecule has 0 spiro atoms. The van der Waals surface area contributed by atoms with Gasteiger partial charge in [0.25, 0.3) is 0 Å². The molecule has 0 saturated carbocycles. The maximum absolute atomic E-state index is 2.58. The fraction of sp³-hybridized carbons (Fsp3) is 0.300. The Bertz CT molecular complexity index is 930. The summed E-state index contributed by atoms with van der Waals surface area (Å²) in [5.41, 5.74) is 2.97. The first-order valence-electron chi connectivity index (χ1n) is 7.70. The summed E-state index contributed by atoms with van der Waals surface area (Å²) in [6.45, 7) is 4.64. The van der Waals surface area contributed by atoms with Crippen LogP contribution >= 0.6 is 45.2 Å². The van der Waals surface area contributed by atoms with Crippen LogP contribution in [0.5, 0.6) is 0 Å². The van der Waals surface area contributed by atoms with Gasteiger partial charge in [0.15, 0.2) is 0 Å². The number of rotatable bonds is 0. The summed E-state index contributed by atoms with van der Waals surface area (Å²) in [6.07, 6.45) is 11.9. The van der Waals surface area contributed by atoms with Crippen molar-refractivity contribution in [1.82, 2.24) is 0 Å². The van der Waals surface area contributed by atoms with E-state index in [0.717, 1.165) is 12.8 Å². The number of allylic oxidation sites excluding steroid dienone is 1. The second-order valence-corrected chi connectivity index (χ2v) is 11.8. The first-order chi connectivity index (χ1) is 10.4. The minimum absolute atomic E-state index is 0.216. The third-order valence-corrected chi connectivity index (χ3v) is 6.21. The van der Waals surface area contributed by atoms with Crippen LogP contribution in [-0.2, 0) is 6.42 Å². The van der Waals surface area contributed by atoms with Crippen molar-refractivity contribution >= 4 is 74.2 Å². The molecule has 4 rings (SSSR count). The van der Waals surface area contributed by atoms with E-state index in [4.69, 9.17) is 0 Å². The van der Waals surface area contributed by atoms with Gasteiger partial charge in [-0.1, -0.05) is 93.8 Å². The highest BCUT2D eigenvalue weighted by Crippen LogP contribution is 2.35. The highest BCUT2D eigenvalue weighted by Gasteiger charge is 2.27. The summed E-state index contributed by atoms with van der Waals surface area (Å²) >= 11 is 5.16. The number of fused-ring (bicyclic) bond motifs is 6. The fourth-order valence-corrected chi connectivity index (χ4v) is 4.75. The van der Waals surface area contributed by atoms with Crippen LogP contribution in [0, 0.1) is 0 Å². The Morgan fingerprint density at radius 3 is 2.45 bits per heavy atom. The van der Waals surface area contributed by atoms with Gasteiger partial charge in [0.05, 0.1) is 0 Å². The van der Waals surface area contributed by atoms with Crippen molar-refractivity contribution in [1.29, 1.82) is 0 Å².